The quantitative estimate of drug-likeness (QED) is 0.830. The Hall–Kier alpha value is -1.11. The van der Waals surface area contributed by atoms with Crippen LogP contribution in [0.1, 0.15) is 30.0 Å². The predicted molar refractivity (Wildman–Crippen MR) is 87.4 cm³/mol. The second kappa shape index (κ2) is 7.24. The van der Waals surface area contributed by atoms with E-state index in [-0.39, 0.29) is 6.04 Å². The summed E-state index contributed by atoms with van der Waals surface area (Å²) in [4.78, 5) is 2.15. The Bertz CT molecular complexity index is 576. The molecule has 0 spiro atoms. The smallest absolute Gasteiger partial charge is 0.129 e. The van der Waals surface area contributed by atoms with E-state index in [1.54, 1.807) is 6.26 Å². The highest BCUT2D eigenvalue weighted by Crippen LogP contribution is 2.30. The SMILES string of the molecule is CCNC(c1occc1C)c1c(Br)cnn1CCN(C)C. The van der Waals surface area contributed by atoms with Gasteiger partial charge >= 0.3 is 0 Å². The minimum Gasteiger partial charge on any atom is -0.467 e. The summed E-state index contributed by atoms with van der Waals surface area (Å²) in [6.07, 6.45) is 3.59. The monoisotopic (exact) mass is 354 g/mol. The minimum absolute atomic E-state index is 0.00374. The van der Waals surface area contributed by atoms with Crippen molar-refractivity contribution in [3.63, 3.8) is 0 Å². The molecule has 0 bridgehead atoms. The van der Waals surface area contributed by atoms with Crippen molar-refractivity contribution in [1.82, 2.24) is 20.0 Å². The maximum Gasteiger partial charge on any atom is 0.129 e. The summed E-state index contributed by atoms with van der Waals surface area (Å²) in [5, 5.41) is 7.99. The lowest BCUT2D eigenvalue weighted by atomic mass is 10.1. The van der Waals surface area contributed by atoms with Crippen LogP contribution in [0.2, 0.25) is 0 Å². The fourth-order valence-corrected chi connectivity index (χ4v) is 2.85. The number of aryl methyl sites for hydroxylation is 1. The van der Waals surface area contributed by atoms with E-state index in [9.17, 15) is 0 Å². The molecule has 0 amide bonds. The fraction of sp³-hybridized carbons (Fsp3) is 0.533. The number of nitrogens with one attached hydrogen (secondary N) is 1. The van der Waals surface area contributed by atoms with Gasteiger partial charge in [0.2, 0.25) is 0 Å². The van der Waals surface area contributed by atoms with Crippen molar-refractivity contribution < 1.29 is 4.42 Å². The molecular formula is C15H23BrN4O. The van der Waals surface area contributed by atoms with E-state index in [2.05, 4.69) is 59.2 Å². The van der Waals surface area contributed by atoms with Crippen LogP contribution in [0.3, 0.4) is 0 Å². The average Bonchev–Trinajstić information content (AvgIpc) is 3.00. The van der Waals surface area contributed by atoms with Gasteiger partial charge in [0.05, 0.1) is 29.2 Å². The van der Waals surface area contributed by atoms with Crippen molar-refractivity contribution in [3.05, 3.63) is 40.0 Å². The third-order valence-corrected chi connectivity index (χ3v) is 4.05. The van der Waals surface area contributed by atoms with Crippen molar-refractivity contribution >= 4 is 15.9 Å². The molecule has 6 heteroatoms. The van der Waals surface area contributed by atoms with E-state index in [1.807, 2.05) is 16.9 Å². The van der Waals surface area contributed by atoms with Crippen molar-refractivity contribution in [2.75, 3.05) is 27.2 Å². The Morgan fingerprint density at radius 2 is 2.24 bits per heavy atom. The summed E-state index contributed by atoms with van der Waals surface area (Å²) in [6, 6.07) is 2.00. The minimum atomic E-state index is 0.00374. The number of aromatic nitrogens is 2. The number of hydrogen-bond donors (Lipinski definition) is 1. The molecule has 2 heterocycles. The molecule has 0 saturated heterocycles. The predicted octanol–water partition coefficient (Wildman–Crippen LogP) is 2.81. The van der Waals surface area contributed by atoms with E-state index in [1.165, 1.54) is 0 Å². The molecule has 116 valence electrons. The molecule has 1 atom stereocenters. The Morgan fingerprint density at radius 3 is 2.81 bits per heavy atom. The van der Waals surface area contributed by atoms with Gasteiger partial charge in [-0.15, -0.1) is 0 Å². The zero-order valence-electron chi connectivity index (χ0n) is 13.1. The van der Waals surface area contributed by atoms with Crippen LogP contribution in [0.5, 0.6) is 0 Å². The van der Waals surface area contributed by atoms with E-state index in [4.69, 9.17) is 4.42 Å². The van der Waals surface area contributed by atoms with Gasteiger partial charge < -0.3 is 14.6 Å². The normalized spacial score (nSPS) is 13.0. The lowest BCUT2D eigenvalue weighted by Gasteiger charge is -2.20. The van der Waals surface area contributed by atoms with Gasteiger partial charge in [-0.3, -0.25) is 4.68 Å². The van der Waals surface area contributed by atoms with Crippen molar-refractivity contribution in [1.29, 1.82) is 0 Å². The van der Waals surface area contributed by atoms with Gasteiger partial charge in [-0.2, -0.15) is 5.10 Å². The zero-order valence-corrected chi connectivity index (χ0v) is 14.6. The number of likely N-dealkylation sites (N-methyl/N-ethyl adjacent to an activating group) is 1. The number of furan rings is 1. The van der Waals surface area contributed by atoms with Gasteiger partial charge in [0.15, 0.2) is 0 Å². The van der Waals surface area contributed by atoms with Gasteiger partial charge in [-0.25, -0.2) is 0 Å². The van der Waals surface area contributed by atoms with Crippen molar-refractivity contribution in [3.8, 4) is 0 Å². The van der Waals surface area contributed by atoms with Gasteiger partial charge in [-0.1, -0.05) is 6.92 Å². The number of halogens is 1. The Kier molecular flexibility index (Phi) is 5.61. The Labute approximate surface area is 134 Å². The van der Waals surface area contributed by atoms with Crippen LogP contribution in [0.25, 0.3) is 0 Å². The molecule has 2 aromatic heterocycles. The summed E-state index contributed by atoms with van der Waals surface area (Å²) < 4.78 is 8.75. The third-order valence-electron chi connectivity index (χ3n) is 3.44. The molecule has 1 unspecified atom stereocenters. The molecule has 2 rings (SSSR count). The Balaban J connectivity index is 2.36. The van der Waals surface area contributed by atoms with Crippen molar-refractivity contribution in [2.24, 2.45) is 0 Å². The summed E-state index contributed by atoms with van der Waals surface area (Å²) >= 11 is 3.63. The molecule has 0 aromatic carbocycles. The van der Waals surface area contributed by atoms with Gasteiger partial charge in [0.25, 0.3) is 0 Å². The third kappa shape index (κ3) is 3.75. The molecule has 1 N–H and O–H groups in total. The van der Waals surface area contributed by atoms with Crippen LogP contribution in [-0.2, 0) is 6.54 Å². The molecule has 0 aliphatic rings. The first-order chi connectivity index (χ1) is 10.0. The number of hydrogen-bond acceptors (Lipinski definition) is 4. The van der Waals surface area contributed by atoms with Crippen LogP contribution >= 0.6 is 15.9 Å². The highest BCUT2D eigenvalue weighted by Gasteiger charge is 2.25. The summed E-state index contributed by atoms with van der Waals surface area (Å²) in [5.41, 5.74) is 2.25. The molecule has 2 aromatic rings. The Morgan fingerprint density at radius 1 is 1.48 bits per heavy atom. The van der Waals surface area contributed by atoms with Crippen LogP contribution in [-0.4, -0.2) is 41.9 Å². The summed E-state index contributed by atoms with van der Waals surface area (Å²) in [6.45, 7) is 6.81. The second-order valence-electron chi connectivity index (χ2n) is 5.36. The molecule has 0 radical (unpaired) electrons. The van der Waals surface area contributed by atoms with E-state index in [0.29, 0.717) is 0 Å². The molecule has 0 saturated carbocycles. The second-order valence-corrected chi connectivity index (χ2v) is 6.22. The van der Waals surface area contributed by atoms with Gasteiger partial charge in [0.1, 0.15) is 11.8 Å². The summed E-state index contributed by atoms with van der Waals surface area (Å²) in [7, 11) is 4.13. The van der Waals surface area contributed by atoms with Crippen molar-refractivity contribution in [2.45, 2.75) is 26.4 Å². The molecule has 0 aliphatic carbocycles. The molecule has 0 fully saturated rings. The highest BCUT2D eigenvalue weighted by atomic mass is 79.9. The first-order valence-corrected chi connectivity index (χ1v) is 7.97. The first-order valence-electron chi connectivity index (χ1n) is 7.17. The lowest BCUT2D eigenvalue weighted by Crippen LogP contribution is -2.27. The van der Waals surface area contributed by atoms with E-state index in [0.717, 1.165) is 41.1 Å². The standard InChI is InChI=1S/C15H23BrN4O/c1-5-17-13(15-11(2)6-9-21-15)14-12(16)10-18-20(14)8-7-19(3)4/h6,9-10,13,17H,5,7-8H2,1-4H3. The maximum absolute atomic E-state index is 5.70. The van der Waals surface area contributed by atoms with Crippen LogP contribution < -0.4 is 5.32 Å². The summed E-state index contributed by atoms with van der Waals surface area (Å²) in [5.74, 6) is 0.948. The van der Waals surface area contributed by atoms with Crippen LogP contribution in [0.4, 0.5) is 0 Å². The first kappa shape index (κ1) is 16.3. The van der Waals surface area contributed by atoms with E-state index < -0.39 is 0 Å². The average molecular weight is 355 g/mol. The molecule has 21 heavy (non-hydrogen) atoms. The number of nitrogens with zero attached hydrogens (tertiary/aromatic N) is 3. The molecule has 5 nitrogen and oxygen atoms in total. The fourth-order valence-electron chi connectivity index (χ4n) is 2.33. The molecule has 0 aliphatic heterocycles. The highest BCUT2D eigenvalue weighted by molar-refractivity contribution is 9.10. The van der Waals surface area contributed by atoms with Gasteiger partial charge in [0, 0.05) is 6.54 Å². The van der Waals surface area contributed by atoms with Crippen LogP contribution in [0, 0.1) is 6.92 Å². The lowest BCUT2D eigenvalue weighted by molar-refractivity contribution is 0.360. The largest absolute Gasteiger partial charge is 0.467 e. The van der Waals surface area contributed by atoms with E-state index >= 15 is 0 Å². The topological polar surface area (TPSA) is 46.2 Å². The molecular weight excluding hydrogens is 332 g/mol. The van der Waals surface area contributed by atoms with Crippen LogP contribution in [0.15, 0.2) is 27.4 Å². The number of rotatable bonds is 7. The zero-order chi connectivity index (χ0) is 15.4. The maximum atomic E-state index is 5.70. The van der Waals surface area contributed by atoms with Gasteiger partial charge in [-0.05, 0) is 55.1 Å².